The summed E-state index contributed by atoms with van der Waals surface area (Å²) >= 11 is 3.42. The number of carbonyl (C=O) groups excluding carboxylic acids is 2. The molecule has 1 saturated heterocycles. The number of fused-ring (bicyclic) bond motifs is 4. The molecule has 33 heavy (non-hydrogen) atoms. The Hall–Kier alpha value is -3.39. The second-order valence-electron chi connectivity index (χ2n) is 8.83. The number of hydrogen-bond donors (Lipinski definition) is 3. The highest BCUT2D eigenvalue weighted by Gasteiger charge is 2.41. The van der Waals surface area contributed by atoms with E-state index >= 15 is 0 Å². The van der Waals surface area contributed by atoms with Crippen LogP contribution in [0.15, 0.2) is 53.0 Å². The van der Waals surface area contributed by atoms with Gasteiger partial charge in [-0.3, -0.25) is 9.59 Å². The molecule has 2 aliphatic rings. The van der Waals surface area contributed by atoms with Gasteiger partial charge in [-0.1, -0.05) is 34.1 Å². The van der Waals surface area contributed by atoms with Gasteiger partial charge in [-0.15, -0.1) is 0 Å². The number of aromatic amines is 1. The number of nitrogens with one attached hydrogen (secondary N) is 3. The van der Waals surface area contributed by atoms with Gasteiger partial charge >= 0.3 is 0 Å². The fraction of sp³-hybridized carbons (Fsp3) is 0.240. The van der Waals surface area contributed by atoms with Crippen molar-refractivity contribution < 1.29 is 9.59 Å². The number of carbonyl (C=O) groups is 2. The molecule has 0 unspecified atom stereocenters. The van der Waals surface area contributed by atoms with Crippen LogP contribution in [-0.4, -0.2) is 45.4 Å². The molecule has 0 bridgehead atoms. The molecule has 1 spiro atoms. The van der Waals surface area contributed by atoms with Crippen molar-refractivity contribution in [2.24, 2.45) is 0 Å². The molecule has 0 aliphatic carbocycles. The van der Waals surface area contributed by atoms with Crippen LogP contribution in [0.4, 0.5) is 5.69 Å². The number of H-pyrrole nitrogens is 1. The van der Waals surface area contributed by atoms with Gasteiger partial charge in [0.15, 0.2) is 0 Å². The Morgan fingerprint density at radius 1 is 1.06 bits per heavy atom. The summed E-state index contributed by atoms with van der Waals surface area (Å²) in [5.74, 6) is -0.168. The van der Waals surface area contributed by atoms with E-state index in [1.54, 1.807) is 0 Å². The van der Waals surface area contributed by atoms with Crippen molar-refractivity contribution in [3.8, 4) is 0 Å². The van der Waals surface area contributed by atoms with Gasteiger partial charge in [0, 0.05) is 52.4 Å². The minimum absolute atomic E-state index is 0.0772. The van der Waals surface area contributed by atoms with Crippen LogP contribution in [0.25, 0.3) is 21.8 Å². The number of nitrogens with zero attached hydrogens (tertiary/aromatic N) is 2. The molecule has 6 rings (SSSR count). The number of aromatic nitrogens is 2. The molecule has 2 aliphatic heterocycles. The van der Waals surface area contributed by atoms with Crippen molar-refractivity contribution in [2.75, 3.05) is 18.4 Å². The summed E-state index contributed by atoms with van der Waals surface area (Å²) in [6, 6.07) is 15.6. The predicted molar refractivity (Wildman–Crippen MR) is 131 cm³/mol. The molecule has 1 fully saturated rings. The third-order valence-electron chi connectivity index (χ3n) is 6.75. The number of amides is 2. The van der Waals surface area contributed by atoms with Crippen molar-refractivity contribution >= 4 is 55.2 Å². The first kappa shape index (κ1) is 20.2. The van der Waals surface area contributed by atoms with Gasteiger partial charge in [-0.2, -0.15) is 0 Å². The molecule has 7 nitrogen and oxygen atoms in total. The standard InChI is InChI=1S/C25H22BrN5O2/c1-14-22-17(16-4-2-3-5-19(16)28-22)13-21(27-14)24(33)31-10-8-25(9-11-31)29-20-7-6-15(26)12-18(20)23(32)30-25/h2-7,12-13,28-29H,8-11H2,1H3,(H,30,32). The van der Waals surface area contributed by atoms with Gasteiger partial charge in [-0.05, 0) is 37.3 Å². The lowest BCUT2D eigenvalue weighted by molar-refractivity contribution is 0.0634. The maximum absolute atomic E-state index is 13.4. The zero-order valence-electron chi connectivity index (χ0n) is 18.0. The molecule has 8 heteroatoms. The number of piperidine rings is 1. The van der Waals surface area contributed by atoms with Gasteiger partial charge in [0.2, 0.25) is 0 Å². The minimum Gasteiger partial charge on any atom is -0.362 e. The molecule has 0 radical (unpaired) electrons. The highest BCUT2D eigenvalue weighted by molar-refractivity contribution is 9.10. The minimum atomic E-state index is -0.543. The van der Waals surface area contributed by atoms with E-state index in [0.717, 1.165) is 37.7 Å². The van der Waals surface area contributed by atoms with E-state index in [2.05, 4.69) is 42.6 Å². The molecule has 3 N–H and O–H groups in total. The van der Waals surface area contributed by atoms with Crippen molar-refractivity contribution in [1.29, 1.82) is 0 Å². The highest BCUT2D eigenvalue weighted by Crippen LogP contribution is 2.33. The SMILES string of the molecule is Cc1nc(C(=O)N2CCC3(CC2)NC(=O)c2cc(Br)ccc2N3)cc2c1[nH]c1ccccc12. The number of halogens is 1. The normalized spacial score (nSPS) is 17.2. The molecule has 0 saturated carbocycles. The summed E-state index contributed by atoms with van der Waals surface area (Å²) in [4.78, 5) is 35.9. The van der Waals surface area contributed by atoms with E-state index in [-0.39, 0.29) is 11.8 Å². The molecular weight excluding hydrogens is 482 g/mol. The maximum Gasteiger partial charge on any atom is 0.272 e. The first-order chi connectivity index (χ1) is 15.9. The van der Waals surface area contributed by atoms with Crippen LogP contribution in [0.2, 0.25) is 0 Å². The van der Waals surface area contributed by atoms with Gasteiger partial charge in [0.25, 0.3) is 11.8 Å². The van der Waals surface area contributed by atoms with Crippen LogP contribution in [0.1, 0.15) is 39.4 Å². The fourth-order valence-electron chi connectivity index (χ4n) is 5.00. The van der Waals surface area contributed by atoms with Crippen LogP contribution >= 0.6 is 15.9 Å². The Kier molecular flexibility index (Phi) is 4.48. The van der Waals surface area contributed by atoms with E-state index < -0.39 is 5.66 Å². The number of hydrogen-bond acceptors (Lipinski definition) is 4. The maximum atomic E-state index is 13.4. The summed E-state index contributed by atoms with van der Waals surface area (Å²) in [6.07, 6.45) is 1.24. The molecule has 2 aromatic carbocycles. The van der Waals surface area contributed by atoms with E-state index in [1.165, 1.54) is 0 Å². The van der Waals surface area contributed by atoms with Crippen LogP contribution in [0, 0.1) is 6.92 Å². The topological polar surface area (TPSA) is 90.1 Å². The molecule has 0 atom stereocenters. The van der Waals surface area contributed by atoms with Crippen molar-refractivity contribution in [3.05, 3.63) is 70.0 Å². The number of anilines is 1. The summed E-state index contributed by atoms with van der Waals surface area (Å²) in [5, 5.41) is 8.74. The largest absolute Gasteiger partial charge is 0.362 e. The van der Waals surface area contributed by atoms with Gasteiger partial charge in [-0.25, -0.2) is 4.98 Å². The molecule has 4 heterocycles. The van der Waals surface area contributed by atoms with E-state index in [1.807, 2.05) is 54.3 Å². The number of benzene rings is 2. The quantitative estimate of drug-likeness (QED) is 0.354. The number of para-hydroxylation sites is 1. The van der Waals surface area contributed by atoms with Gasteiger partial charge < -0.3 is 20.5 Å². The second-order valence-corrected chi connectivity index (χ2v) is 9.75. The smallest absolute Gasteiger partial charge is 0.272 e. The van der Waals surface area contributed by atoms with Crippen molar-refractivity contribution in [1.82, 2.24) is 20.2 Å². The molecule has 166 valence electrons. The zero-order chi connectivity index (χ0) is 22.7. The first-order valence-corrected chi connectivity index (χ1v) is 11.8. The molecule has 2 aromatic heterocycles. The monoisotopic (exact) mass is 503 g/mol. The number of aryl methyl sites for hydroxylation is 1. The lowest BCUT2D eigenvalue weighted by atomic mass is 9.92. The lowest BCUT2D eigenvalue weighted by Crippen LogP contribution is -2.62. The van der Waals surface area contributed by atoms with Crippen LogP contribution in [-0.2, 0) is 0 Å². The first-order valence-electron chi connectivity index (χ1n) is 11.0. The fourth-order valence-corrected chi connectivity index (χ4v) is 5.37. The third-order valence-corrected chi connectivity index (χ3v) is 7.25. The van der Waals surface area contributed by atoms with E-state index in [0.29, 0.717) is 37.2 Å². The number of pyridine rings is 1. The second kappa shape index (κ2) is 7.31. The van der Waals surface area contributed by atoms with Crippen LogP contribution in [0.3, 0.4) is 0 Å². The van der Waals surface area contributed by atoms with Crippen LogP contribution < -0.4 is 10.6 Å². The van der Waals surface area contributed by atoms with Crippen molar-refractivity contribution in [3.63, 3.8) is 0 Å². The molecule has 2 amide bonds. The summed E-state index contributed by atoms with van der Waals surface area (Å²) in [6.45, 7) is 2.99. The zero-order valence-corrected chi connectivity index (χ0v) is 19.6. The average molecular weight is 504 g/mol. The molecule has 4 aromatic rings. The highest BCUT2D eigenvalue weighted by atomic mass is 79.9. The predicted octanol–water partition coefficient (Wildman–Crippen LogP) is 4.57. The Bertz CT molecular complexity index is 1450. The third kappa shape index (κ3) is 3.28. The Morgan fingerprint density at radius 2 is 1.85 bits per heavy atom. The Balaban J connectivity index is 1.25. The van der Waals surface area contributed by atoms with Gasteiger partial charge in [0.1, 0.15) is 11.4 Å². The summed E-state index contributed by atoms with van der Waals surface area (Å²) in [7, 11) is 0. The summed E-state index contributed by atoms with van der Waals surface area (Å²) < 4.78 is 0.865. The van der Waals surface area contributed by atoms with E-state index in [4.69, 9.17) is 0 Å². The lowest BCUT2D eigenvalue weighted by Gasteiger charge is -2.45. The molecular formula is C25H22BrN5O2. The number of likely N-dealkylation sites (tertiary alicyclic amines) is 1. The van der Waals surface area contributed by atoms with E-state index in [9.17, 15) is 9.59 Å². The Labute approximate surface area is 198 Å². The number of rotatable bonds is 1. The van der Waals surface area contributed by atoms with Crippen molar-refractivity contribution in [2.45, 2.75) is 25.4 Å². The average Bonchev–Trinajstić information content (AvgIpc) is 3.19. The summed E-state index contributed by atoms with van der Waals surface area (Å²) in [5.41, 5.74) is 4.17. The van der Waals surface area contributed by atoms with Gasteiger partial charge in [0.05, 0.1) is 16.8 Å². The Morgan fingerprint density at radius 3 is 2.67 bits per heavy atom. The van der Waals surface area contributed by atoms with Crippen LogP contribution in [0.5, 0.6) is 0 Å².